The molecule has 0 aromatic carbocycles. The summed E-state index contributed by atoms with van der Waals surface area (Å²) in [6.45, 7) is 2.53. The Kier molecular flexibility index (Phi) is 4.32. The molecule has 0 spiro atoms. The lowest BCUT2D eigenvalue weighted by atomic mass is 10.1. The molecule has 2 atom stereocenters. The summed E-state index contributed by atoms with van der Waals surface area (Å²) in [6, 6.07) is 1.66. The van der Waals surface area contributed by atoms with Crippen LogP contribution in [0.2, 0.25) is 0 Å². The van der Waals surface area contributed by atoms with Gasteiger partial charge in [-0.3, -0.25) is 4.79 Å². The van der Waals surface area contributed by atoms with Gasteiger partial charge in [-0.25, -0.2) is 4.79 Å². The van der Waals surface area contributed by atoms with Gasteiger partial charge in [0.05, 0.1) is 18.4 Å². The van der Waals surface area contributed by atoms with Crippen molar-refractivity contribution in [3.8, 4) is 6.07 Å². The lowest BCUT2D eigenvalue weighted by Gasteiger charge is -2.28. The number of nitrogens with zero attached hydrogens (tertiary/aromatic N) is 3. The molecule has 2 amide bonds. The van der Waals surface area contributed by atoms with E-state index in [4.69, 9.17) is 10.4 Å². The second-order valence-electron chi connectivity index (χ2n) is 4.37. The molecule has 0 aromatic rings. The number of nitriles is 1. The highest BCUT2D eigenvalue weighted by atomic mass is 16.4. The molecule has 6 nitrogen and oxygen atoms in total. The third kappa shape index (κ3) is 3.09. The first-order valence-corrected chi connectivity index (χ1v) is 5.58. The first-order chi connectivity index (χ1) is 7.97. The summed E-state index contributed by atoms with van der Waals surface area (Å²) in [4.78, 5) is 25.8. The highest BCUT2D eigenvalue weighted by molar-refractivity contribution is 5.77. The number of likely N-dealkylation sites (tertiary alicyclic amines) is 1. The average Bonchev–Trinajstić information content (AvgIpc) is 2.76. The fourth-order valence-corrected chi connectivity index (χ4v) is 1.82. The lowest BCUT2D eigenvalue weighted by molar-refractivity contribution is -0.141. The van der Waals surface area contributed by atoms with Crippen LogP contribution in [0.5, 0.6) is 0 Å². The molecule has 0 aromatic heterocycles. The van der Waals surface area contributed by atoms with Crippen molar-refractivity contribution >= 4 is 12.0 Å². The lowest BCUT2D eigenvalue weighted by Crippen LogP contribution is -2.44. The number of carbonyl (C=O) groups excluding carboxylic acids is 1. The average molecular weight is 239 g/mol. The standard InChI is InChI=1S/C11H17N3O3/c1-8(3-5-12)13(2)11(17)14-6-4-9(7-14)10(15)16/h8-9H,3-4,6-7H2,1-2H3,(H,15,16). The summed E-state index contributed by atoms with van der Waals surface area (Å²) >= 11 is 0. The third-order valence-electron chi connectivity index (χ3n) is 3.16. The Morgan fingerprint density at radius 3 is 2.76 bits per heavy atom. The number of aliphatic carboxylic acids is 1. The summed E-state index contributed by atoms with van der Waals surface area (Å²) < 4.78 is 0. The van der Waals surface area contributed by atoms with Crippen LogP contribution in [0.25, 0.3) is 0 Å². The van der Waals surface area contributed by atoms with Gasteiger partial charge in [0.15, 0.2) is 0 Å². The minimum absolute atomic E-state index is 0.156. The first kappa shape index (κ1) is 13.3. The number of amides is 2. The van der Waals surface area contributed by atoms with E-state index >= 15 is 0 Å². The smallest absolute Gasteiger partial charge is 0.320 e. The van der Waals surface area contributed by atoms with Crippen molar-refractivity contribution < 1.29 is 14.7 Å². The van der Waals surface area contributed by atoms with Crippen molar-refractivity contribution in [2.45, 2.75) is 25.8 Å². The van der Waals surface area contributed by atoms with E-state index in [1.807, 2.05) is 6.07 Å². The van der Waals surface area contributed by atoms with Crippen molar-refractivity contribution in [1.29, 1.82) is 5.26 Å². The van der Waals surface area contributed by atoms with E-state index in [2.05, 4.69) is 0 Å². The molecule has 1 heterocycles. The normalized spacial score (nSPS) is 20.8. The van der Waals surface area contributed by atoms with Crippen molar-refractivity contribution in [2.24, 2.45) is 5.92 Å². The van der Waals surface area contributed by atoms with Gasteiger partial charge in [-0.2, -0.15) is 5.26 Å². The largest absolute Gasteiger partial charge is 0.481 e. The van der Waals surface area contributed by atoms with Gasteiger partial charge >= 0.3 is 12.0 Å². The molecule has 17 heavy (non-hydrogen) atoms. The van der Waals surface area contributed by atoms with Crippen LogP contribution in [0.4, 0.5) is 4.79 Å². The molecule has 1 saturated heterocycles. The van der Waals surface area contributed by atoms with Crippen molar-refractivity contribution in [3.63, 3.8) is 0 Å². The van der Waals surface area contributed by atoms with Crippen LogP contribution in [0.1, 0.15) is 19.8 Å². The maximum absolute atomic E-state index is 12.0. The maximum Gasteiger partial charge on any atom is 0.320 e. The maximum atomic E-state index is 12.0. The first-order valence-electron chi connectivity index (χ1n) is 5.58. The predicted molar refractivity (Wildman–Crippen MR) is 60.2 cm³/mol. The van der Waals surface area contributed by atoms with Gasteiger partial charge in [-0.05, 0) is 13.3 Å². The molecule has 0 radical (unpaired) electrons. The third-order valence-corrected chi connectivity index (χ3v) is 3.16. The zero-order chi connectivity index (χ0) is 13.0. The Bertz CT molecular complexity index is 350. The van der Waals surface area contributed by atoms with Crippen LogP contribution in [-0.4, -0.2) is 53.1 Å². The van der Waals surface area contributed by atoms with E-state index < -0.39 is 11.9 Å². The minimum Gasteiger partial charge on any atom is -0.481 e. The number of carbonyl (C=O) groups is 2. The van der Waals surface area contributed by atoms with E-state index in [0.717, 1.165) is 0 Å². The quantitative estimate of drug-likeness (QED) is 0.787. The summed E-state index contributed by atoms with van der Waals surface area (Å²) in [6.07, 6.45) is 0.778. The Morgan fingerprint density at radius 2 is 2.29 bits per heavy atom. The number of hydrogen-bond acceptors (Lipinski definition) is 3. The number of rotatable bonds is 3. The van der Waals surface area contributed by atoms with Gasteiger partial charge in [-0.15, -0.1) is 0 Å². The van der Waals surface area contributed by atoms with Gasteiger partial charge < -0.3 is 14.9 Å². The van der Waals surface area contributed by atoms with E-state index in [1.165, 1.54) is 9.80 Å². The molecule has 0 bridgehead atoms. The van der Waals surface area contributed by atoms with Crippen molar-refractivity contribution in [1.82, 2.24) is 9.80 Å². The molecule has 1 aliphatic rings. The molecule has 1 N–H and O–H groups in total. The van der Waals surface area contributed by atoms with Gasteiger partial charge in [0.2, 0.25) is 0 Å². The van der Waals surface area contributed by atoms with Crippen LogP contribution in [-0.2, 0) is 4.79 Å². The molecule has 1 aliphatic heterocycles. The number of urea groups is 1. The van der Waals surface area contributed by atoms with Crippen molar-refractivity contribution in [2.75, 3.05) is 20.1 Å². The fraction of sp³-hybridized carbons (Fsp3) is 0.727. The number of hydrogen-bond donors (Lipinski definition) is 1. The summed E-state index contributed by atoms with van der Waals surface area (Å²) in [5.41, 5.74) is 0. The van der Waals surface area contributed by atoms with E-state index in [0.29, 0.717) is 13.0 Å². The molecular weight excluding hydrogens is 222 g/mol. The van der Waals surface area contributed by atoms with Crippen LogP contribution in [0, 0.1) is 17.2 Å². The monoisotopic (exact) mass is 239 g/mol. The molecule has 1 rings (SSSR count). The van der Waals surface area contributed by atoms with Crippen LogP contribution < -0.4 is 0 Å². The second kappa shape index (κ2) is 5.53. The predicted octanol–water partition coefficient (Wildman–Crippen LogP) is 0.747. The molecule has 1 fully saturated rings. The number of carboxylic acid groups (broad SMARTS) is 1. The van der Waals surface area contributed by atoms with Crippen LogP contribution in [0.15, 0.2) is 0 Å². The zero-order valence-corrected chi connectivity index (χ0v) is 10.1. The van der Waals surface area contributed by atoms with Crippen LogP contribution >= 0.6 is 0 Å². The minimum atomic E-state index is -0.854. The highest BCUT2D eigenvalue weighted by Crippen LogP contribution is 2.18. The number of carboxylic acids is 1. The molecule has 0 saturated carbocycles. The van der Waals surface area contributed by atoms with Gasteiger partial charge in [0, 0.05) is 26.2 Å². The molecule has 94 valence electrons. The van der Waals surface area contributed by atoms with Gasteiger partial charge in [0.25, 0.3) is 0 Å². The summed E-state index contributed by atoms with van der Waals surface area (Å²) in [5, 5.41) is 17.4. The zero-order valence-electron chi connectivity index (χ0n) is 10.1. The SMILES string of the molecule is CC(CC#N)N(C)C(=O)N1CCC(C(=O)O)C1. The highest BCUT2D eigenvalue weighted by Gasteiger charge is 2.32. The molecule has 6 heteroatoms. The van der Waals surface area contributed by atoms with Gasteiger partial charge in [-0.1, -0.05) is 0 Å². The van der Waals surface area contributed by atoms with Crippen molar-refractivity contribution in [3.05, 3.63) is 0 Å². The van der Waals surface area contributed by atoms with E-state index in [-0.39, 0.29) is 25.0 Å². The van der Waals surface area contributed by atoms with E-state index in [1.54, 1.807) is 14.0 Å². The molecule has 2 unspecified atom stereocenters. The second-order valence-corrected chi connectivity index (χ2v) is 4.37. The Balaban J connectivity index is 2.55. The van der Waals surface area contributed by atoms with Gasteiger partial charge in [0.1, 0.15) is 0 Å². The Labute approximate surface area is 100 Å². The van der Waals surface area contributed by atoms with Crippen LogP contribution in [0.3, 0.4) is 0 Å². The summed E-state index contributed by atoms with van der Waals surface area (Å²) in [7, 11) is 1.64. The summed E-state index contributed by atoms with van der Waals surface area (Å²) in [5.74, 6) is -1.31. The fourth-order valence-electron chi connectivity index (χ4n) is 1.82. The van der Waals surface area contributed by atoms with E-state index in [9.17, 15) is 9.59 Å². The Morgan fingerprint density at radius 1 is 1.65 bits per heavy atom. The molecular formula is C11H17N3O3. The topological polar surface area (TPSA) is 84.6 Å². The Hall–Kier alpha value is -1.77. The molecule has 0 aliphatic carbocycles.